The van der Waals surface area contributed by atoms with Gasteiger partial charge in [0.25, 0.3) is 0 Å². The van der Waals surface area contributed by atoms with Crippen LogP contribution in [0.2, 0.25) is 10.0 Å². The van der Waals surface area contributed by atoms with Crippen LogP contribution < -0.4 is 0 Å². The van der Waals surface area contributed by atoms with Crippen LogP contribution in [-0.4, -0.2) is 79.7 Å². The molecule has 13 heteroatoms. The molecule has 40 heavy (non-hydrogen) atoms. The highest BCUT2D eigenvalue weighted by Crippen LogP contribution is 2.30. The molecule has 2 aromatic rings. The number of carbonyl (C=O) groups is 2. The van der Waals surface area contributed by atoms with Crippen LogP contribution in [0, 0.1) is 5.82 Å². The molecule has 0 aliphatic carbocycles. The minimum absolute atomic E-state index is 0.0379. The zero-order valence-corrected chi connectivity index (χ0v) is 25.1. The topological polar surface area (TPSA) is 99.6 Å². The van der Waals surface area contributed by atoms with Gasteiger partial charge in [-0.3, -0.25) is 14.7 Å². The van der Waals surface area contributed by atoms with Gasteiger partial charge in [0, 0.05) is 44.4 Å². The fraction of sp³-hybridized carbons (Fsp3) is 0.370. The Morgan fingerprint density at radius 3 is 2.52 bits per heavy atom. The van der Waals surface area contributed by atoms with E-state index in [0.717, 1.165) is 4.31 Å². The van der Waals surface area contributed by atoms with Gasteiger partial charge in [-0.05, 0) is 39.0 Å². The average molecular weight is 614 g/mol. The van der Waals surface area contributed by atoms with Gasteiger partial charge in [-0.15, -0.1) is 0 Å². The summed E-state index contributed by atoms with van der Waals surface area (Å²) >= 11 is 12.0. The van der Waals surface area contributed by atoms with Crippen LogP contribution in [0.1, 0.15) is 31.9 Å². The number of amidine groups is 1. The van der Waals surface area contributed by atoms with Crippen LogP contribution in [0.25, 0.3) is 0 Å². The first kappa shape index (κ1) is 31.5. The van der Waals surface area contributed by atoms with E-state index in [0.29, 0.717) is 24.5 Å². The van der Waals surface area contributed by atoms with Crippen LogP contribution >= 0.6 is 23.2 Å². The predicted molar refractivity (Wildman–Crippen MR) is 153 cm³/mol. The number of hydrogen-bond acceptors (Lipinski definition) is 6. The highest BCUT2D eigenvalue weighted by molar-refractivity contribution is 7.89. The number of benzene rings is 2. The number of rotatable bonds is 8. The monoisotopic (exact) mass is 612 g/mol. The number of halogens is 3. The third-order valence-corrected chi connectivity index (χ3v) is 8.57. The first-order chi connectivity index (χ1) is 18.6. The van der Waals surface area contributed by atoms with Gasteiger partial charge in [0.15, 0.2) is 0 Å². The smallest absolute Gasteiger partial charge is 0.416 e. The Kier molecular flexibility index (Phi) is 9.99. The molecule has 1 aliphatic heterocycles. The summed E-state index contributed by atoms with van der Waals surface area (Å²) in [4.78, 5) is 32.0. The van der Waals surface area contributed by atoms with Gasteiger partial charge in [0.2, 0.25) is 15.9 Å². The van der Waals surface area contributed by atoms with Crippen molar-refractivity contribution in [1.82, 2.24) is 14.1 Å². The highest BCUT2D eigenvalue weighted by atomic mass is 35.5. The van der Waals surface area contributed by atoms with Crippen LogP contribution in [0.15, 0.2) is 58.4 Å². The lowest BCUT2D eigenvalue weighted by atomic mass is 10.1. The van der Waals surface area contributed by atoms with Gasteiger partial charge in [-0.1, -0.05) is 47.5 Å². The summed E-state index contributed by atoms with van der Waals surface area (Å²) < 4.78 is 47.1. The molecule has 0 saturated heterocycles. The first-order valence-corrected chi connectivity index (χ1v) is 14.5. The number of sulfonamides is 1. The van der Waals surface area contributed by atoms with Crippen LogP contribution in [0.4, 0.5) is 9.18 Å². The summed E-state index contributed by atoms with van der Waals surface area (Å²) in [6.07, 6.45) is 2.04. The zero-order chi connectivity index (χ0) is 29.8. The number of nitrogens with zero attached hydrogens (tertiary/aromatic N) is 4. The Morgan fingerprint density at radius 2 is 1.88 bits per heavy atom. The molecule has 9 nitrogen and oxygen atoms in total. The maximum Gasteiger partial charge on any atom is 0.416 e. The number of hydrogen-bond donors (Lipinski definition) is 0. The van der Waals surface area contributed by atoms with E-state index in [2.05, 4.69) is 4.99 Å². The van der Waals surface area contributed by atoms with Crippen molar-refractivity contribution in [3.63, 3.8) is 0 Å². The molecule has 1 heterocycles. The largest absolute Gasteiger partial charge is 0.443 e. The summed E-state index contributed by atoms with van der Waals surface area (Å²) in [5.74, 6) is -0.694. The minimum atomic E-state index is -3.95. The summed E-state index contributed by atoms with van der Waals surface area (Å²) in [6.45, 7) is 5.85. The van der Waals surface area contributed by atoms with Gasteiger partial charge in [-0.2, -0.15) is 4.31 Å². The molecule has 216 valence electrons. The molecule has 0 bridgehead atoms. The van der Waals surface area contributed by atoms with Gasteiger partial charge in [-0.25, -0.2) is 17.6 Å². The average Bonchev–Trinajstić information content (AvgIpc) is 3.36. The molecule has 2 aromatic carbocycles. The lowest BCUT2D eigenvalue weighted by Gasteiger charge is -2.25. The van der Waals surface area contributed by atoms with E-state index >= 15 is 0 Å². The highest BCUT2D eigenvalue weighted by Gasteiger charge is 2.30. The van der Waals surface area contributed by atoms with Crippen molar-refractivity contribution in [3.8, 4) is 0 Å². The second-order valence-electron chi connectivity index (χ2n) is 10.1. The summed E-state index contributed by atoms with van der Waals surface area (Å²) in [6, 6.07) is 8.74. The molecule has 0 atom stereocenters. The Balaban J connectivity index is 1.62. The zero-order valence-electron chi connectivity index (χ0n) is 22.8. The Labute approximate surface area is 243 Å². The van der Waals surface area contributed by atoms with E-state index < -0.39 is 33.4 Å². The van der Waals surface area contributed by atoms with Crippen molar-refractivity contribution in [2.75, 3.05) is 33.7 Å². The molecule has 0 spiro atoms. The molecule has 3 rings (SSSR count). The standard InChI is InChI=1S/C27H31Cl2FN4O5S/c1-27(2,3)39-26(36)34-15-13-31-25(34)18-11-12-19(21(30)16-18)17-32(4)23(35)10-7-14-33(5)40(37,38)22-9-6-8-20(28)24(22)29/h6-12,16H,13-15,17H2,1-5H3. The van der Waals surface area contributed by atoms with E-state index in [1.807, 2.05) is 0 Å². The molecule has 0 fully saturated rings. The fourth-order valence-corrected chi connectivity index (χ4v) is 5.57. The number of aliphatic imine (C=N–C) groups is 1. The molecule has 0 aromatic heterocycles. The molecular formula is C27H31Cl2FN4O5S. The molecule has 2 amide bonds. The van der Waals surface area contributed by atoms with Crippen LogP contribution in [0.3, 0.4) is 0 Å². The maximum absolute atomic E-state index is 15.0. The van der Waals surface area contributed by atoms with Crippen molar-refractivity contribution >= 4 is 51.1 Å². The molecule has 0 radical (unpaired) electrons. The van der Waals surface area contributed by atoms with Gasteiger partial charge >= 0.3 is 6.09 Å². The third kappa shape index (κ3) is 7.60. The van der Waals surface area contributed by atoms with E-state index in [9.17, 15) is 22.4 Å². The maximum atomic E-state index is 15.0. The second kappa shape index (κ2) is 12.7. The van der Waals surface area contributed by atoms with Crippen molar-refractivity contribution in [2.24, 2.45) is 4.99 Å². The number of amides is 2. The van der Waals surface area contributed by atoms with Crippen molar-refractivity contribution in [2.45, 2.75) is 37.8 Å². The summed E-state index contributed by atoms with van der Waals surface area (Å²) in [7, 11) is -1.10. The summed E-state index contributed by atoms with van der Waals surface area (Å²) in [5.41, 5.74) is -0.00720. The van der Waals surface area contributed by atoms with E-state index in [4.69, 9.17) is 27.9 Å². The lowest BCUT2D eigenvalue weighted by Crippen LogP contribution is -2.39. The van der Waals surface area contributed by atoms with Crippen LogP contribution in [-0.2, 0) is 26.1 Å². The molecule has 0 N–H and O–H groups in total. The molecule has 1 aliphatic rings. The second-order valence-corrected chi connectivity index (χ2v) is 12.9. The van der Waals surface area contributed by atoms with Gasteiger partial charge in [0.1, 0.15) is 22.1 Å². The Bertz CT molecular complexity index is 1460. The minimum Gasteiger partial charge on any atom is -0.443 e. The number of ether oxygens (including phenoxy) is 1. The third-order valence-electron chi connectivity index (χ3n) is 5.78. The van der Waals surface area contributed by atoms with E-state index in [-0.39, 0.29) is 33.6 Å². The van der Waals surface area contributed by atoms with E-state index in [1.165, 1.54) is 66.4 Å². The molecular weight excluding hydrogens is 582 g/mol. The SMILES string of the molecule is CN(Cc1ccc(C2=NCCN2C(=O)OC(C)(C)C)cc1F)C(=O)C=CCN(C)S(=O)(=O)c1cccc(Cl)c1Cl. The predicted octanol–water partition coefficient (Wildman–Crippen LogP) is 4.97. The first-order valence-electron chi connectivity index (χ1n) is 12.3. The number of likely N-dealkylation sites (N-methyl/N-ethyl adjacent to an activating group) is 2. The molecule has 0 unspecified atom stereocenters. The van der Waals surface area contributed by atoms with Crippen molar-refractivity contribution < 1.29 is 27.1 Å². The lowest BCUT2D eigenvalue weighted by molar-refractivity contribution is -0.125. The van der Waals surface area contributed by atoms with Crippen LogP contribution in [0.5, 0.6) is 0 Å². The van der Waals surface area contributed by atoms with Gasteiger partial charge in [0.05, 0.1) is 23.1 Å². The Morgan fingerprint density at radius 1 is 1.18 bits per heavy atom. The number of carbonyl (C=O) groups excluding carboxylic acids is 2. The summed E-state index contributed by atoms with van der Waals surface area (Å²) in [5, 5.41) is 0.0294. The van der Waals surface area contributed by atoms with Crippen molar-refractivity contribution in [1.29, 1.82) is 0 Å². The quantitative estimate of drug-likeness (QED) is 0.392. The van der Waals surface area contributed by atoms with Crippen molar-refractivity contribution in [3.05, 3.63) is 75.5 Å². The normalized spacial score (nSPS) is 14.1. The fourth-order valence-electron chi connectivity index (χ4n) is 3.72. The van der Waals surface area contributed by atoms with E-state index in [1.54, 1.807) is 26.8 Å². The Hall–Kier alpha value is -2.99. The molecule has 0 saturated carbocycles. The van der Waals surface area contributed by atoms with Gasteiger partial charge < -0.3 is 9.64 Å².